The van der Waals surface area contributed by atoms with Gasteiger partial charge in [0, 0.05) is 36.5 Å². The molecule has 0 unspecified atom stereocenters. The molecular weight excluding hydrogens is 440 g/mol. The average Bonchev–Trinajstić information content (AvgIpc) is 2.74. The molecule has 0 heterocycles. The molecule has 0 fully saturated rings. The van der Waals surface area contributed by atoms with E-state index in [-0.39, 0.29) is 21.3 Å². The van der Waals surface area contributed by atoms with Crippen molar-refractivity contribution in [1.29, 1.82) is 0 Å². The molecule has 0 bridgehead atoms. The van der Waals surface area contributed by atoms with Crippen molar-refractivity contribution in [2.45, 2.75) is 31.6 Å². The minimum Gasteiger partial charge on any atom is -0.332 e. The Morgan fingerprint density at radius 3 is 2.06 bits per heavy atom. The number of carbonyl (C=O) groups excluding carboxylic acids is 1. The molecule has 0 aliphatic heterocycles. The number of hydrogen-bond acceptors (Lipinski definition) is 6. The standard InChI is InChI=1S/C20H24N4O5S2/c1-3-13-23(14-4-2)31(28,29)18-11-7-16(8-12-18)21-20(30)22-19(25)15-5-9-17(10-6-15)24(26)27/h5-12H,3-4,13-14H2,1-2H3,(H2,21,22,25,30). The van der Waals surface area contributed by atoms with E-state index < -0.39 is 20.9 Å². The van der Waals surface area contributed by atoms with Crippen LogP contribution in [0.4, 0.5) is 11.4 Å². The number of amides is 1. The van der Waals surface area contributed by atoms with Crippen LogP contribution >= 0.6 is 12.2 Å². The Morgan fingerprint density at radius 1 is 1.03 bits per heavy atom. The van der Waals surface area contributed by atoms with E-state index >= 15 is 0 Å². The third-order valence-electron chi connectivity index (χ3n) is 4.26. The fourth-order valence-corrected chi connectivity index (χ4v) is 4.62. The first-order valence-corrected chi connectivity index (χ1v) is 11.5. The molecule has 0 saturated carbocycles. The summed E-state index contributed by atoms with van der Waals surface area (Å²) in [5.74, 6) is -0.527. The lowest BCUT2D eigenvalue weighted by Crippen LogP contribution is -2.34. The zero-order valence-electron chi connectivity index (χ0n) is 17.2. The van der Waals surface area contributed by atoms with Crippen LogP contribution in [0, 0.1) is 10.1 Å². The van der Waals surface area contributed by atoms with Crippen LogP contribution < -0.4 is 10.6 Å². The van der Waals surface area contributed by atoms with Crippen molar-refractivity contribution in [1.82, 2.24) is 9.62 Å². The largest absolute Gasteiger partial charge is 0.332 e. The zero-order valence-corrected chi connectivity index (χ0v) is 18.8. The van der Waals surface area contributed by atoms with E-state index in [0.717, 1.165) is 12.8 Å². The number of nitrogens with zero attached hydrogens (tertiary/aromatic N) is 2. The Kier molecular flexibility index (Phi) is 8.60. The highest BCUT2D eigenvalue weighted by Crippen LogP contribution is 2.19. The average molecular weight is 465 g/mol. The number of nitro groups is 1. The summed E-state index contributed by atoms with van der Waals surface area (Å²) in [6.45, 7) is 4.76. The smallest absolute Gasteiger partial charge is 0.269 e. The highest BCUT2D eigenvalue weighted by Gasteiger charge is 2.22. The van der Waals surface area contributed by atoms with Gasteiger partial charge in [-0.25, -0.2) is 8.42 Å². The molecule has 0 aromatic heterocycles. The fraction of sp³-hybridized carbons (Fsp3) is 0.300. The second kappa shape index (κ2) is 10.9. The third-order valence-corrected chi connectivity index (χ3v) is 6.38. The van der Waals surface area contributed by atoms with Gasteiger partial charge in [-0.05, 0) is 61.5 Å². The number of carbonyl (C=O) groups is 1. The van der Waals surface area contributed by atoms with Crippen molar-refractivity contribution in [3.05, 3.63) is 64.2 Å². The Morgan fingerprint density at radius 2 is 1.58 bits per heavy atom. The van der Waals surface area contributed by atoms with E-state index in [1.54, 1.807) is 12.1 Å². The van der Waals surface area contributed by atoms with Gasteiger partial charge in [-0.15, -0.1) is 0 Å². The minimum absolute atomic E-state index is 0.0116. The van der Waals surface area contributed by atoms with Crippen LogP contribution in [0.2, 0.25) is 0 Å². The van der Waals surface area contributed by atoms with Gasteiger partial charge >= 0.3 is 0 Å². The van der Waals surface area contributed by atoms with Gasteiger partial charge in [-0.1, -0.05) is 13.8 Å². The molecule has 1 amide bonds. The molecule has 11 heteroatoms. The second-order valence-corrected chi connectivity index (χ2v) is 8.99. The number of non-ortho nitro benzene ring substituents is 1. The molecule has 9 nitrogen and oxygen atoms in total. The number of nitrogens with one attached hydrogen (secondary N) is 2. The molecular formula is C20H24N4O5S2. The minimum atomic E-state index is -3.58. The highest BCUT2D eigenvalue weighted by atomic mass is 32.2. The molecule has 2 aromatic rings. The van der Waals surface area contributed by atoms with Gasteiger partial charge < -0.3 is 5.32 Å². The van der Waals surface area contributed by atoms with E-state index in [1.165, 1.54) is 40.7 Å². The summed E-state index contributed by atoms with van der Waals surface area (Å²) in [7, 11) is -3.58. The Bertz CT molecular complexity index is 1030. The summed E-state index contributed by atoms with van der Waals surface area (Å²) >= 11 is 5.12. The molecule has 0 radical (unpaired) electrons. The molecule has 166 valence electrons. The monoisotopic (exact) mass is 464 g/mol. The van der Waals surface area contributed by atoms with Crippen molar-refractivity contribution in [2.24, 2.45) is 0 Å². The van der Waals surface area contributed by atoms with E-state index in [2.05, 4.69) is 10.6 Å². The second-order valence-electron chi connectivity index (χ2n) is 6.64. The Balaban J connectivity index is 2.02. The van der Waals surface area contributed by atoms with Gasteiger partial charge in [0.05, 0.1) is 9.82 Å². The van der Waals surface area contributed by atoms with Crippen molar-refractivity contribution < 1.29 is 18.1 Å². The molecule has 2 N–H and O–H groups in total. The number of anilines is 1. The maximum absolute atomic E-state index is 12.8. The number of nitro benzene ring substituents is 1. The quantitative estimate of drug-likeness (QED) is 0.331. The van der Waals surface area contributed by atoms with Crippen LogP contribution in [0.1, 0.15) is 37.0 Å². The maximum Gasteiger partial charge on any atom is 0.269 e. The number of hydrogen-bond donors (Lipinski definition) is 2. The number of benzene rings is 2. The SMILES string of the molecule is CCCN(CCC)S(=O)(=O)c1ccc(NC(=S)NC(=O)c2ccc([N+](=O)[O-])cc2)cc1. The Hall–Kier alpha value is -2.89. The van der Waals surface area contributed by atoms with E-state index in [0.29, 0.717) is 18.8 Å². The Labute approximate surface area is 186 Å². The molecule has 0 spiro atoms. The van der Waals surface area contributed by atoms with Gasteiger partial charge in [0.15, 0.2) is 5.11 Å². The predicted molar refractivity (Wildman–Crippen MR) is 123 cm³/mol. The van der Waals surface area contributed by atoms with Gasteiger partial charge in [0.2, 0.25) is 10.0 Å². The van der Waals surface area contributed by atoms with Gasteiger partial charge in [0.1, 0.15) is 0 Å². The van der Waals surface area contributed by atoms with Crippen LogP contribution in [0.15, 0.2) is 53.4 Å². The van der Waals surface area contributed by atoms with Gasteiger partial charge in [-0.2, -0.15) is 4.31 Å². The first-order chi connectivity index (χ1) is 14.7. The molecule has 0 aliphatic rings. The van der Waals surface area contributed by atoms with Crippen LogP contribution in [-0.2, 0) is 10.0 Å². The van der Waals surface area contributed by atoms with Crippen LogP contribution in [0.25, 0.3) is 0 Å². The molecule has 31 heavy (non-hydrogen) atoms. The summed E-state index contributed by atoms with van der Waals surface area (Å²) in [4.78, 5) is 22.5. The predicted octanol–water partition coefficient (Wildman–Crippen LogP) is 3.53. The van der Waals surface area contributed by atoms with Gasteiger partial charge in [-0.3, -0.25) is 20.2 Å². The number of rotatable bonds is 9. The maximum atomic E-state index is 12.8. The molecule has 2 aromatic carbocycles. The van der Waals surface area contributed by atoms with Crippen molar-refractivity contribution >= 4 is 44.6 Å². The first kappa shape index (κ1) is 24.4. The zero-order chi connectivity index (χ0) is 23.0. The van der Waals surface area contributed by atoms with Crippen molar-refractivity contribution in [3.63, 3.8) is 0 Å². The van der Waals surface area contributed by atoms with Crippen molar-refractivity contribution in [3.8, 4) is 0 Å². The fourth-order valence-electron chi connectivity index (χ4n) is 2.78. The summed E-state index contributed by atoms with van der Waals surface area (Å²) in [5.41, 5.74) is 0.595. The molecule has 0 atom stereocenters. The molecule has 0 saturated heterocycles. The van der Waals surface area contributed by atoms with Crippen LogP contribution in [0.3, 0.4) is 0 Å². The summed E-state index contributed by atoms with van der Waals surface area (Å²) < 4.78 is 27.1. The summed E-state index contributed by atoms with van der Waals surface area (Å²) in [5, 5.41) is 16.0. The van der Waals surface area contributed by atoms with Crippen LogP contribution in [0.5, 0.6) is 0 Å². The molecule has 2 rings (SSSR count). The van der Waals surface area contributed by atoms with Crippen molar-refractivity contribution in [2.75, 3.05) is 18.4 Å². The lowest BCUT2D eigenvalue weighted by molar-refractivity contribution is -0.384. The normalized spacial score (nSPS) is 11.2. The topological polar surface area (TPSA) is 122 Å². The summed E-state index contributed by atoms with van der Waals surface area (Å²) in [6.07, 6.45) is 1.45. The van der Waals surface area contributed by atoms with Gasteiger partial charge in [0.25, 0.3) is 11.6 Å². The lowest BCUT2D eigenvalue weighted by Gasteiger charge is -2.21. The summed E-state index contributed by atoms with van der Waals surface area (Å²) in [6, 6.07) is 11.2. The van der Waals surface area contributed by atoms with E-state index in [4.69, 9.17) is 12.2 Å². The number of sulfonamides is 1. The van der Waals surface area contributed by atoms with E-state index in [1.807, 2.05) is 13.8 Å². The third kappa shape index (κ3) is 6.54. The number of thiocarbonyl (C=S) groups is 1. The van der Waals surface area contributed by atoms with Crippen LogP contribution in [-0.4, -0.2) is 41.8 Å². The lowest BCUT2D eigenvalue weighted by atomic mass is 10.2. The van der Waals surface area contributed by atoms with E-state index in [9.17, 15) is 23.3 Å². The first-order valence-electron chi connectivity index (χ1n) is 9.66. The molecule has 0 aliphatic carbocycles. The highest BCUT2D eigenvalue weighted by molar-refractivity contribution is 7.89.